The van der Waals surface area contributed by atoms with Crippen LogP contribution in [0.15, 0.2) is 54.7 Å². The third-order valence-electron chi connectivity index (χ3n) is 2.99. The topological polar surface area (TPSA) is 60.2 Å². The van der Waals surface area contributed by atoms with Crippen LogP contribution in [0.3, 0.4) is 0 Å². The Morgan fingerprint density at radius 3 is 2.22 bits per heavy atom. The Kier molecular flexibility index (Phi) is 3.65. The van der Waals surface area contributed by atoms with Crippen molar-refractivity contribution < 1.29 is 23.0 Å². The summed E-state index contributed by atoms with van der Waals surface area (Å²) < 4.78 is 41.7. The zero-order valence-electron chi connectivity index (χ0n) is 11.5. The van der Waals surface area contributed by atoms with Crippen molar-refractivity contribution in [1.82, 2.24) is 15.0 Å². The van der Waals surface area contributed by atoms with E-state index < -0.39 is 6.36 Å². The number of rotatable bonds is 3. The molecule has 0 saturated carbocycles. The molecule has 0 spiro atoms. The number of phenols is 1. The number of aromatic nitrogens is 3. The fourth-order valence-corrected chi connectivity index (χ4v) is 1.96. The van der Waals surface area contributed by atoms with Gasteiger partial charge in [-0.05, 0) is 48.5 Å². The van der Waals surface area contributed by atoms with Crippen LogP contribution in [-0.2, 0) is 0 Å². The second-order valence-electron chi connectivity index (χ2n) is 4.64. The summed E-state index contributed by atoms with van der Waals surface area (Å²) in [6.45, 7) is 0. The van der Waals surface area contributed by atoms with Gasteiger partial charge in [-0.3, -0.25) is 0 Å². The van der Waals surface area contributed by atoms with Crippen LogP contribution in [0.25, 0.3) is 16.9 Å². The third-order valence-corrected chi connectivity index (χ3v) is 2.99. The van der Waals surface area contributed by atoms with E-state index in [1.165, 1.54) is 41.1 Å². The van der Waals surface area contributed by atoms with Crippen molar-refractivity contribution in [1.29, 1.82) is 0 Å². The van der Waals surface area contributed by atoms with Crippen LogP contribution in [0.4, 0.5) is 13.2 Å². The lowest BCUT2D eigenvalue weighted by molar-refractivity contribution is -0.274. The van der Waals surface area contributed by atoms with Gasteiger partial charge in [0.1, 0.15) is 17.2 Å². The monoisotopic (exact) mass is 321 g/mol. The van der Waals surface area contributed by atoms with E-state index in [-0.39, 0.29) is 11.5 Å². The van der Waals surface area contributed by atoms with Gasteiger partial charge in [0, 0.05) is 5.56 Å². The minimum absolute atomic E-state index is 0.134. The molecule has 1 heterocycles. The number of hydrogen-bond acceptors (Lipinski definition) is 4. The molecular weight excluding hydrogens is 311 g/mol. The van der Waals surface area contributed by atoms with Crippen molar-refractivity contribution in [2.75, 3.05) is 0 Å². The van der Waals surface area contributed by atoms with E-state index in [0.717, 1.165) is 0 Å². The number of aromatic hydroxyl groups is 1. The number of phenolic OH excluding ortho intramolecular Hbond substituents is 1. The predicted molar refractivity (Wildman–Crippen MR) is 75.1 cm³/mol. The predicted octanol–water partition coefficient (Wildman–Crippen LogP) is 3.54. The Morgan fingerprint density at radius 1 is 0.957 bits per heavy atom. The first-order chi connectivity index (χ1) is 10.9. The van der Waals surface area contributed by atoms with Crippen molar-refractivity contribution in [3.8, 4) is 28.4 Å². The summed E-state index contributed by atoms with van der Waals surface area (Å²) in [4.78, 5) is 0. The molecule has 8 heteroatoms. The quantitative estimate of drug-likeness (QED) is 0.801. The summed E-state index contributed by atoms with van der Waals surface area (Å²) in [5.41, 5.74) is 1.79. The molecule has 0 atom stereocenters. The second-order valence-corrected chi connectivity index (χ2v) is 4.64. The molecule has 0 fully saturated rings. The van der Waals surface area contributed by atoms with E-state index in [9.17, 15) is 18.3 Å². The summed E-state index contributed by atoms with van der Waals surface area (Å²) in [7, 11) is 0. The molecule has 0 aliphatic carbocycles. The lowest BCUT2D eigenvalue weighted by atomic mass is 10.1. The van der Waals surface area contributed by atoms with Gasteiger partial charge >= 0.3 is 6.36 Å². The molecule has 0 radical (unpaired) electrons. The summed E-state index contributed by atoms with van der Waals surface area (Å²) in [5, 5.41) is 17.2. The fraction of sp³-hybridized carbons (Fsp3) is 0.0667. The molecule has 3 rings (SSSR count). The van der Waals surface area contributed by atoms with Gasteiger partial charge in [-0.1, -0.05) is 5.21 Å². The highest BCUT2D eigenvalue weighted by Crippen LogP contribution is 2.26. The van der Waals surface area contributed by atoms with Crippen LogP contribution in [0.1, 0.15) is 0 Å². The Balaban J connectivity index is 1.81. The summed E-state index contributed by atoms with van der Waals surface area (Å²) >= 11 is 0. The smallest absolute Gasteiger partial charge is 0.508 e. The van der Waals surface area contributed by atoms with E-state index in [4.69, 9.17) is 0 Å². The highest BCUT2D eigenvalue weighted by molar-refractivity contribution is 5.59. The number of hydrogen-bond donors (Lipinski definition) is 1. The minimum atomic E-state index is -4.72. The summed E-state index contributed by atoms with van der Waals surface area (Å²) in [6, 6.07) is 11.7. The standard InChI is InChI=1S/C15H10F3N3O2/c16-15(17,18)23-13-7-1-10(2-8-13)14-9-21(20-19-14)11-3-5-12(22)6-4-11/h1-9,22H. The van der Waals surface area contributed by atoms with E-state index in [2.05, 4.69) is 15.0 Å². The molecule has 118 valence electrons. The van der Waals surface area contributed by atoms with Crippen molar-refractivity contribution >= 4 is 0 Å². The van der Waals surface area contributed by atoms with Crippen LogP contribution in [-0.4, -0.2) is 26.5 Å². The molecule has 23 heavy (non-hydrogen) atoms. The highest BCUT2D eigenvalue weighted by atomic mass is 19.4. The molecule has 1 aromatic heterocycles. The van der Waals surface area contributed by atoms with E-state index in [0.29, 0.717) is 16.9 Å². The van der Waals surface area contributed by atoms with Crippen LogP contribution in [0, 0.1) is 0 Å². The number of ether oxygens (including phenoxy) is 1. The van der Waals surface area contributed by atoms with Crippen LogP contribution < -0.4 is 4.74 Å². The molecule has 1 N–H and O–H groups in total. The number of halogens is 3. The van der Waals surface area contributed by atoms with Gasteiger partial charge in [-0.2, -0.15) is 0 Å². The first-order valence-corrected chi connectivity index (χ1v) is 6.49. The molecule has 0 aliphatic heterocycles. The van der Waals surface area contributed by atoms with E-state index >= 15 is 0 Å². The molecule has 2 aromatic carbocycles. The highest BCUT2D eigenvalue weighted by Gasteiger charge is 2.30. The lowest BCUT2D eigenvalue weighted by Crippen LogP contribution is -2.16. The molecule has 0 saturated heterocycles. The minimum Gasteiger partial charge on any atom is -0.508 e. The van der Waals surface area contributed by atoms with Crippen molar-refractivity contribution in [2.24, 2.45) is 0 Å². The Morgan fingerprint density at radius 2 is 1.61 bits per heavy atom. The molecule has 0 bridgehead atoms. The first-order valence-electron chi connectivity index (χ1n) is 6.49. The molecule has 3 aromatic rings. The number of benzene rings is 2. The van der Waals surface area contributed by atoms with Gasteiger partial charge in [-0.25, -0.2) is 4.68 Å². The van der Waals surface area contributed by atoms with E-state index in [1.807, 2.05) is 0 Å². The van der Waals surface area contributed by atoms with Gasteiger partial charge < -0.3 is 9.84 Å². The van der Waals surface area contributed by atoms with Crippen LogP contribution >= 0.6 is 0 Å². The Hall–Kier alpha value is -3.03. The molecular formula is C15H10F3N3O2. The Labute approximate surface area is 128 Å². The average molecular weight is 321 g/mol. The second kappa shape index (κ2) is 5.64. The molecule has 0 aliphatic rings. The van der Waals surface area contributed by atoms with Crippen molar-refractivity contribution in [2.45, 2.75) is 6.36 Å². The molecule has 5 nitrogen and oxygen atoms in total. The summed E-state index contributed by atoms with van der Waals surface area (Å²) in [6.07, 6.45) is -3.09. The summed E-state index contributed by atoms with van der Waals surface area (Å²) in [5.74, 6) is -0.165. The van der Waals surface area contributed by atoms with Crippen LogP contribution in [0.5, 0.6) is 11.5 Å². The maximum atomic E-state index is 12.1. The van der Waals surface area contributed by atoms with Gasteiger partial charge in [-0.15, -0.1) is 18.3 Å². The first kappa shape index (κ1) is 14.9. The zero-order chi connectivity index (χ0) is 16.4. The van der Waals surface area contributed by atoms with Crippen molar-refractivity contribution in [3.63, 3.8) is 0 Å². The average Bonchev–Trinajstić information content (AvgIpc) is 2.97. The van der Waals surface area contributed by atoms with Gasteiger partial charge in [0.15, 0.2) is 0 Å². The number of alkyl halides is 3. The molecule has 0 amide bonds. The number of nitrogens with zero attached hydrogens (tertiary/aromatic N) is 3. The Bertz CT molecular complexity index is 796. The lowest BCUT2D eigenvalue weighted by Gasteiger charge is -2.08. The van der Waals surface area contributed by atoms with E-state index in [1.54, 1.807) is 18.3 Å². The van der Waals surface area contributed by atoms with Gasteiger partial charge in [0.05, 0.1) is 11.9 Å². The van der Waals surface area contributed by atoms with Gasteiger partial charge in [0.25, 0.3) is 0 Å². The maximum Gasteiger partial charge on any atom is 0.573 e. The fourth-order valence-electron chi connectivity index (χ4n) is 1.96. The largest absolute Gasteiger partial charge is 0.573 e. The normalized spacial score (nSPS) is 11.4. The SMILES string of the molecule is Oc1ccc(-n2cc(-c3ccc(OC(F)(F)F)cc3)nn2)cc1. The zero-order valence-corrected chi connectivity index (χ0v) is 11.5. The molecule has 0 unspecified atom stereocenters. The third kappa shape index (κ3) is 3.60. The van der Waals surface area contributed by atoms with Gasteiger partial charge in [0.2, 0.25) is 0 Å². The van der Waals surface area contributed by atoms with Crippen molar-refractivity contribution in [3.05, 3.63) is 54.7 Å². The maximum absolute atomic E-state index is 12.1. The van der Waals surface area contributed by atoms with Crippen LogP contribution in [0.2, 0.25) is 0 Å².